The van der Waals surface area contributed by atoms with Crippen LogP contribution in [0.5, 0.6) is 0 Å². The molecule has 0 aliphatic rings. The molecule has 0 saturated carbocycles. The summed E-state index contributed by atoms with van der Waals surface area (Å²) >= 11 is 7.50. The fraction of sp³-hybridized carbons (Fsp3) is 0.250. The minimum atomic E-state index is -0.339. The number of aromatic nitrogens is 3. The molecule has 98 valence electrons. The maximum atomic E-state index is 12.1. The maximum Gasteiger partial charge on any atom is 0.292 e. The third-order valence-electron chi connectivity index (χ3n) is 2.42. The molecule has 0 radical (unpaired) electrons. The van der Waals surface area contributed by atoms with Crippen molar-refractivity contribution in [3.8, 4) is 12.3 Å². The van der Waals surface area contributed by atoms with Gasteiger partial charge in [-0.2, -0.15) is 5.10 Å². The standard InChI is InChI=1S/C12H11ClN4OS/c1-3-5-17-12(18)10(9(13)7-15-17)16-8(2)11-14-4-6-19-11/h1,4,6-8,16H,5H2,2H3. The molecule has 0 aliphatic carbocycles. The van der Waals surface area contributed by atoms with E-state index in [2.05, 4.69) is 21.3 Å². The van der Waals surface area contributed by atoms with E-state index in [1.54, 1.807) is 6.20 Å². The molecule has 1 unspecified atom stereocenters. The largest absolute Gasteiger partial charge is 0.370 e. The first-order valence-corrected chi connectivity index (χ1v) is 6.74. The van der Waals surface area contributed by atoms with Gasteiger partial charge in [0.1, 0.15) is 17.2 Å². The van der Waals surface area contributed by atoms with E-state index < -0.39 is 0 Å². The third-order valence-corrected chi connectivity index (χ3v) is 3.67. The summed E-state index contributed by atoms with van der Waals surface area (Å²) in [4.78, 5) is 16.3. The molecule has 2 aromatic rings. The van der Waals surface area contributed by atoms with Crippen LogP contribution in [-0.2, 0) is 6.54 Å². The zero-order valence-electron chi connectivity index (χ0n) is 10.1. The van der Waals surface area contributed by atoms with Crippen molar-refractivity contribution in [2.45, 2.75) is 19.5 Å². The molecule has 2 heterocycles. The van der Waals surface area contributed by atoms with Gasteiger partial charge in [0.25, 0.3) is 5.56 Å². The van der Waals surface area contributed by atoms with Crippen LogP contribution in [-0.4, -0.2) is 14.8 Å². The van der Waals surface area contributed by atoms with Crippen molar-refractivity contribution in [2.75, 3.05) is 5.32 Å². The van der Waals surface area contributed by atoms with E-state index in [9.17, 15) is 4.79 Å². The second-order valence-electron chi connectivity index (χ2n) is 3.77. The first kappa shape index (κ1) is 13.6. The topological polar surface area (TPSA) is 59.8 Å². The van der Waals surface area contributed by atoms with Gasteiger partial charge >= 0.3 is 0 Å². The van der Waals surface area contributed by atoms with Gasteiger partial charge < -0.3 is 5.32 Å². The number of nitrogens with zero attached hydrogens (tertiary/aromatic N) is 3. The minimum Gasteiger partial charge on any atom is -0.370 e. The predicted octanol–water partition coefficient (Wildman–Crippen LogP) is 2.16. The van der Waals surface area contributed by atoms with Crippen LogP contribution in [0.4, 0.5) is 5.69 Å². The Morgan fingerprint density at radius 2 is 2.47 bits per heavy atom. The summed E-state index contributed by atoms with van der Waals surface area (Å²) in [5.74, 6) is 2.37. The Balaban J connectivity index is 2.32. The molecule has 1 atom stereocenters. The van der Waals surface area contributed by atoms with E-state index in [4.69, 9.17) is 18.0 Å². The van der Waals surface area contributed by atoms with E-state index >= 15 is 0 Å². The van der Waals surface area contributed by atoms with E-state index in [0.29, 0.717) is 0 Å². The second-order valence-corrected chi connectivity index (χ2v) is 5.10. The van der Waals surface area contributed by atoms with Crippen molar-refractivity contribution in [1.29, 1.82) is 0 Å². The molecule has 0 aliphatic heterocycles. The van der Waals surface area contributed by atoms with Crippen molar-refractivity contribution in [1.82, 2.24) is 14.8 Å². The van der Waals surface area contributed by atoms with Crippen LogP contribution >= 0.6 is 22.9 Å². The van der Waals surface area contributed by atoms with Gasteiger partial charge in [0.2, 0.25) is 0 Å². The number of anilines is 1. The van der Waals surface area contributed by atoms with Gasteiger partial charge in [-0.1, -0.05) is 17.5 Å². The molecule has 0 saturated heterocycles. The zero-order valence-corrected chi connectivity index (χ0v) is 11.7. The van der Waals surface area contributed by atoms with Crippen LogP contribution in [0, 0.1) is 12.3 Å². The lowest BCUT2D eigenvalue weighted by atomic mass is 10.3. The Kier molecular flexibility index (Phi) is 4.20. The van der Waals surface area contributed by atoms with Gasteiger partial charge in [-0.3, -0.25) is 4.79 Å². The summed E-state index contributed by atoms with van der Waals surface area (Å²) in [6.07, 6.45) is 8.30. The van der Waals surface area contributed by atoms with E-state index in [1.807, 2.05) is 12.3 Å². The average molecular weight is 295 g/mol. The Morgan fingerprint density at radius 3 is 3.11 bits per heavy atom. The number of thiazole rings is 1. The smallest absolute Gasteiger partial charge is 0.292 e. The van der Waals surface area contributed by atoms with Crippen LogP contribution in [0.1, 0.15) is 18.0 Å². The molecule has 2 rings (SSSR count). The van der Waals surface area contributed by atoms with Crippen molar-refractivity contribution in [3.05, 3.63) is 38.2 Å². The highest BCUT2D eigenvalue weighted by molar-refractivity contribution is 7.09. The van der Waals surface area contributed by atoms with E-state index in [-0.39, 0.29) is 28.9 Å². The molecular formula is C12H11ClN4OS. The van der Waals surface area contributed by atoms with Gasteiger partial charge in [-0.25, -0.2) is 9.67 Å². The Morgan fingerprint density at radius 1 is 1.68 bits per heavy atom. The molecule has 7 heteroatoms. The van der Waals surface area contributed by atoms with Crippen molar-refractivity contribution in [2.24, 2.45) is 0 Å². The van der Waals surface area contributed by atoms with Crippen LogP contribution in [0.15, 0.2) is 22.6 Å². The fourth-order valence-corrected chi connectivity index (χ4v) is 2.35. The predicted molar refractivity (Wildman–Crippen MR) is 76.5 cm³/mol. The molecule has 0 spiro atoms. The van der Waals surface area contributed by atoms with Gasteiger partial charge in [0.05, 0.1) is 17.3 Å². The lowest BCUT2D eigenvalue weighted by Crippen LogP contribution is -2.26. The summed E-state index contributed by atoms with van der Waals surface area (Å²) < 4.78 is 1.18. The molecule has 5 nitrogen and oxygen atoms in total. The molecule has 1 N–H and O–H groups in total. The summed E-state index contributed by atoms with van der Waals surface area (Å²) in [6.45, 7) is 2.01. The van der Waals surface area contributed by atoms with Crippen molar-refractivity contribution < 1.29 is 0 Å². The zero-order chi connectivity index (χ0) is 13.8. The van der Waals surface area contributed by atoms with Crippen LogP contribution < -0.4 is 10.9 Å². The number of halogens is 1. The van der Waals surface area contributed by atoms with Crippen LogP contribution in [0.2, 0.25) is 5.02 Å². The maximum absolute atomic E-state index is 12.1. The molecule has 0 amide bonds. The summed E-state index contributed by atoms with van der Waals surface area (Å²) in [7, 11) is 0. The highest BCUT2D eigenvalue weighted by atomic mass is 35.5. The Bertz CT molecular complexity index is 659. The number of terminal acetylenes is 1. The first-order chi connectivity index (χ1) is 9.13. The molecule has 0 aromatic carbocycles. The van der Waals surface area contributed by atoms with Gasteiger partial charge in [0, 0.05) is 11.6 Å². The third kappa shape index (κ3) is 2.95. The Hall–Kier alpha value is -1.84. The fourth-order valence-electron chi connectivity index (χ4n) is 1.52. The Labute approximate surface area is 119 Å². The number of nitrogens with one attached hydrogen (secondary N) is 1. The minimum absolute atomic E-state index is 0.107. The van der Waals surface area contributed by atoms with E-state index in [1.165, 1.54) is 22.2 Å². The normalized spacial score (nSPS) is 11.8. The van der Waals surface area contributed by atoms with Gasteiger partial charge in [-0.05, 0) is 6.92 Å². The number of rotatable bonds is 4. The molecule has 2 aromatic heterocycles. The second kappa shape index (κ2) is 5.87. The van der Waals surface area contributed by atoms with Crippen LogP contribution in [0.3, 0.4) is 0 Å². The molecule has 19 heavy (non-hydrogen) atoms. The monoisotopic (exact) mass is 294 g/mol. The molecule has 0 bridgehead atoms. The van der Waals surface area contributed by atoms with Gasteiger partial charge in [-0.15, -0.1) is 17.8 Å². The first-order valence-electron chi connectivity index (χ1n) is 5.48. The van der Waals surface area contributed by atoms with Crippen molar-refractivity contribution >= 4 is 28.6 Å². The quantitative estimate of drug-likeness (QED) is 0.878. The summed E-state index contributed by atoms with van der Waals surface area (Å²) in [6, 6.07) is -0.119. The highest BCUT2D eigenvalue weighted by Crippen LogP contribution is 2.23. The molecule has 0 fully saturated rings. The number of hydrogen-bond acceptors (Lipinski definition) is 5. The molecular weight excluding hydrogens is 284 g/mol. The highest BCUT2D eigenvalue weighted by Gasteiger charge is 2.14. The SMILES string of the molecule is C#CCn1ncc(Cl)c(NC(C)c2nccs2)c1=O. The van der Waals surface area contributed by atoms with Crippen LogP contribution in [0.25, 0.3) is 0 Å². The summed E-state index contributed by atoms with van der Waals surface area (Å²) in [5.41, 5.74) is -0.0523. The lowest BCUT2D eigenvalue weighted by Gasteiger charge is -2.14. The lowest BCUT2D eigenvalue weighted by molar-refractivity contribution is 0.662. The van der Waals surface area contributed by atoms with Crippen molar-refractivity contribution in [3.63, 3.8) is 0 Å². The number of hydrogen-bond donors (Lipinski definition) is 1. The van der Waals surface area contributed by atoms with Gasteiger partial charge in [0.15, 0.2) is 0 Å². The summed E-state index contributed by atoms with van der Waals surface area (Å²) in [5, 5.41) is 9.94. The average Bonchev–Trinajstić information content (AvgIpc) is 2.92. The van der Waals surface area contributed by atoms with E-state index in [0.717, 1.165) is 5.01 Å².